The van der Waals surface area contributed by atoms with Gasteiger partial charge in [-0.05, 0) is 42.7 Å². The molecule has 5 N–H and O–H groups in total. The molecule has 2 aromatic carbocycles. The Kier molecular flexibility index (Phi) is 9.18. The second-order valence-electron chi connectivity index (χ2n) is 11.3. The summed E-state index contributed by atoms with van der Waals surface area (Å²) in [7, 11) is 0. The number of aliphatic hydroxyl groups is 2. The quantitative estimate of drug-likeness (QED) is 0.235. The molecule has 1 fully saturated rings. The van der Waals surface area contributed by atoms with Crippen molar-refractivity contribution in [2.75, 3.05) is 13.1 Å². The molecule has 0 spiro atoms. The van der Waals surface area contributed by atoms with Gasteiger partial charge < -0.3 is 25.5 Å². The number of carbonyl (C=O) groups is 2. The van der Waals surface area contributed by atoms with Gasteiger partial charge in [-0.15, -0.1) is 0 Å². The van der Waals surface area contributed by atoms with Crippen molar-refractivity contribution in [2.24, 2.45) is 11.3 Å². The monoisotopic (exact) mass is 564 g/mol. The van der Waals surface area contributed by atoms with Crippen molar-refractivity contribution in [3.63, 3.8) is 0 Å². The third-order valence-electron chi connectivity index (χ3n) is 7.38. The van der Waals surface area contributed by atoms with Crippen LogP contribution in [0.4, 0.5) is 13.2 Å². The van der Waals surface area contributed by atoms with Crippen LogP contribution in [0.3, 0.4) is 0 Å². The predicted octanol–water partition coefficient (Wildman–Crippen LogP) is 1.84. The maximum Gasteiger partial charge on any atom is 0.366 e. The Morgan fingerprint density at radius 3 is 2.45 bits per heavy atom. The number of alkyl halides is 2. The zero-order valence-corrected chi connectivity index (χ0v) is 23.2. The highest BCUT2D eigenvalue weighted by atomic mass is 19.3. The van der Waals surface area contributed by atoms with Crippen molar-refractivity contribution in [1.29, 1.82) is 0 Å². The molecule has 1 saturated heterocycles. The topological polar surface area (TPSA) is 124 Å². The van der Waals surface area contributed by atoms with Gasteiger partial charge in [-0.3, -0.25) is 9.59 Å². The molecule has 3 atom stereocenters. The van der Waals surface area contributed by atoms with Crippen LogP contribution in [-0.4, -0.2) is 75.1 Å². The van der Waals surface area contributed by atoms with Gasteiger partial charge in [-0.2, -0.15) is 0 Å². The number of rotatable bonds is 9. The number of carbonyl (C=O) groups excluding carboxylic acids is 2. The molecule has 2 aromatic rings. The van der Waals surface area contributed by atoms with Crippen molar-refractivity contribution in [1.82, 2.24) is 10.2 Å². The number of nitrogens with zero attached hydrogens (tertiary/aromatic N) is 1. The fourth-order valence-corrected chi connectivity index (χ4v) is 4.81. The Balaban J connectivity index is 2.02. The zero-order valence-electron chi connectivity index (χ0n) is 23.2. The molecule has 1 heterocycles. The van der Waals surface area contributed by atoms with Gasteiger partial charge in [0.05, 0.1) is 17.5 Å². The normalized spacial score (nSPS) is 19.9. The van der Waals surface area contributed by atoms with Crippen LogP contribution >= 0.6 is 0 Å². The maximum atomic E-state index is 15.1. The first-order valence-electron chi connectivity index (χ1n) is 13.1. The molecule has 0 saturated carbocycles. The zero-order chi connectivity index (χ0) is 30.0. The second-order valence-corrected chi connectivity index (χ2v) is 11.3. The minimum Gasteiger partial charge on any atom is -0.508 e. The average molecular weight is 565 g/mol. The van der Waals surface area contributed by atoms with E-state index in [0.717, 1.165) is 0 Å². The Hall–Kier alpha value is -3.60. The number of hydrogen-bond donors (Lipinski definition) is 5. The smallest absolute Gasteiger partial charge is 0.366 e. The summed E-state index contributed by atoms with van der Waals surface area (Å²) in [6, 6.07) is 6.83. The summed E-state index contributed by atoms with van der Waals surface area (Å²) in [5, 5.41) is 34.7. The number of likely N-dealkylation sites (tertiary alicyclic amines) is 1. The van der Waals surface area contributed by atoms with Crippen molar-refractivity contribution < 1.29 is 43.1 Å². The molecule has 11 heteroatoms. The molecule has 3 rings (SSSR count). The van der Waals surface area contributed by atoms with Gasteiger partial charge in [0, 0.05) is 18.5 Å². The Morgan fingerprint density at radius 1 is 1.18 bits per heavy atom. The first kappa shape index (κ1) is 30.9. The summed E-state index contributed by atoms with van der Waals surface area (Å²) in [6.07, 6.45) is -2.21. The van der Waals surface area contributed by atoms with Gasteiger partial charge >= 0.3 is 5.90 Å². The van der Waals surface area contributed by atoms with Gasteiger partial charge in [0.2, 0.25) is 5.91 Å². The Bertz CT molecular complexity index is 1280. The summed E-state index contributed by atoms with van der Waals surface area (Å²) < 4.78 is 44.2. The van der Waals surface area contributed by atoms with E-state index in [-0.39, 0.29) is 30.2 Å². The molecule has 0 bridgehead atoms. The number of nitrogens with one attached hydrogen (secondary N) is 2. The van der Waals surface area contributed by atoms with Gasteiger partial charge in [0.25, 0.3) is 11.8 Å². The van der Waals surface area contributed by atoms with Crippen LogP contribution in [-0.2, 0) is 16.0 Å². The van der Waals surface area contributed by atoms with Crippen LogP contribution in [0.2, 0.25) is 0 Å². The highest BCUT2D eigenvalue weighted by Gasteiger charge is 2.64. The van der Waals surface area contributed by atoms with E-state index < -0.39 is 59.6 Å². The predicted molar refractivity (Wildman–Crippen MR) is 143 cm³/mol. The van der Waals surface area contributed by atoms with E-state index in [1.54, 1.807) is 13.0 Å². The Morgan fingerprint density at radius 2 is 1.82 bits per heavy atom. The first-order valence-corrected chi connectivity index (χ1v) is 13.1. The van der Waals surface area contributed by atoms with Gasteiger partial charge in [-0.1, -0.05) is 45.9 Å². The summed E-state index contributed by atoms with van der Waals surface area (Å²) in [5.74, 6) is -6.51. The standard InChI is InChI=1S/C29H36F3N3O5/c1-16(2)14-33-26(39)24-28(4,5)29(31,32)15-35(24)27(40)23(37)21(13-18-8-6-9-19(30)12-18)34-25(38)20-10-7-11-22(36)17(20)3/h6-12,16,21,23-24,36-37H,13-15H2,1-5H3,(H,33,39)(H,34,38)/p+1/t21-,23-,24+/m0/s1. The lowest BCUT2D eigenvalue weighted by Gasteiger charge is -2.33. The Labute approximate surface area is 231 Å². The largest absolute Gasteiger partial charge is 0.508 e. The molecule has 40 heavy (non-hydrogen) atoms. The molecule has 1 aliphatic heterocycles. The molecule has 0 radical (unpaired) electrons. The number of halogens is 3. The molecule has 0 aliphatic carbocycles. The van der Waals surface area contributed by atoms with Crippen LogP contribution < -0.4 is 10.3 Å². The van der Waals surface area contributed by atoms with Crippen molar-refractivity contribution in [3.05, 3.63) is 65.0 Å². The lowest BCUT2D eigenvalue weighted by atomic mass is 9.81. The van der Waals surface area contributed by atoms with Crippen molar-refractivity contribution >= 4 is 17.7 Å². The molecule has 218 valence electrons. The minimum absolute atomic E-state index is 0.0305. The molecule has 0 unspecified atom stereocenters. The molecular weight excluding hydrogens is 527 g/mol. The van der Waals surface area contributed by atoms with E-state index in [0.29, 0.717) is 16.0 Å². The first-order chi connectivity index (χ1) is 18.6. The molecule has 0 aromatic heterocycles. The lowest BCUT2D eigenvalue weighted by Crippen LogP contribution is -2.85. The van der Waals surface area contributed by atoms with E-state index in [1.807, 2.05) is 13.8 Å². The van der Waals surface area contributed by atoms with Crippen LogP contribution in [0.25, 0.3) is 0 Å². The van der Waals surface area contributed by atoms with E-state index in [9.17, 15) is 29.3 Å². The van der Waals surface area contributed by atoms with Crippen molar-refractivity contribution in [3.8, 4) is 5.75 Å². The van der Waals surface area contributed by atoms with Crippen LogP contribution in [0.15, 0.2) is 42.5 Å². The van der Waals surface area contributed by atoms with Crippen LogP contribution in [0.1, 0.15) is 44.4 Å². The molecule has 2 amide bonds. The third-order valence-corrected chi connectivity index (χ3v) is 7.38. The summed E-state index contributed by atoms with van der Waals surface area (Å²) >= 11 is 0. The summed E-state index contributed by atoms with van der Waals surface area (Å²) in [4.78, 5) is 30.0. The maximum absolute atomic E-state index is 15.1. The number of benzene rings is 2. The molecule has 8 nitrogen and oxygen atoms in total. The number of phenols is 1. The minimum atomic E-state index is -3.44. The fraction of sp³-hybridized carbons (Fsp3) is 0.483. The van der Waals surface area contributed by atoms with Crippen LogP contribution in [0, 0.1) is 24.1 Å². The number of aromatic hydroxyl groups is 1. The van der Waals surface area contributed by atoms with E-state index in [4.69, 9.17) is 0 Å². The van der Waals surface area contributed by atoms with Gasteiger partial charge in [-0.25, -0.2) is 18.2 Å². The number of aliphatic hydroxyl groups excluding tert-OH is 2. The van der Waals surface area contributed by atoms with E-state index in [2.05, 4.69) is 10.3 Å². The second kappa shape index (κ2) is 11.9. The molecule has 1 aliphatic rings. The summed E-state index contributed by atoms with van der Waals surface area (Å²) in [6.45, 7) is 6.71. The highest BCUT2D eigenvalue weighted by molar-refractivity contribution is 5.92. The van der Waals surface area contributed by atoms with E-state index in [1.165, 1.54) is 50.2 Å². The number of amides is 2. The highest BCUT2D eigenvalue weighted by Crippen LogP contribution is 2.48. The van der Waals surface area contributed by atoms with Gasteiger partial charge in [0.15, 0.2) is 12.1 Å². The average Bonchev–Trinajstić information content (AvgIpc) is 3.06. The number of phenolic OH excluding ortho intramolecular Hbond substituents is 1. The SMILES string of the molecule is Cc1c(O)cccc1C(O)=[NH+][C@@H](Cc1cccc(F)c1)[C@H](O)C(=O)N1CC(F)(F)C(C)(C)[C@H]1C(=O)NCC(C)C. The lowest BCUT2D eigenvalue weighted by molar-refractivity contribution is -0.520. The third kappa shape index (κ3) is 6.41. The van der Waals surface area contributed by atoms with Crippen molar-refractivity contribution in [2.45, 2.75) is 65.1 Å². The summed E-state index contributed by atoms with van der Waals surface area (Å²) in [5.41, 5.74) is -1.12. The number of hydrogen-bond acceptors (Lipinski definition) is 4. The van der Waals surface area contributed by atoms with E-state index >= 15 is 8.78 Å². The molecular formula is C29H37F3N3O5+. The van der Waals surface area contributed by atoms with Crippen LogP contribution in [0.5, 0.6) is 5.75 Å². The fourth-order valence-electron chi connectivity index (χ4n) is 4.81. The van der Waals surface area contributed by atoms with Gasteiger partial charge in [0.1, 0.15) is 17.6 Å².